The van der Waals surface area contributed by atoms with Gasteiger partial charge in [-0.3, -0.25) is 0 Å². The van der Waals surface area contributed by atoms with Gasteiger partial charge in [0, 0.05) is 37.0 Å². The summed E-state index contributed by atoms with van der Waals surface area (Å²) in [6.07, 6.45) is 9.51. The average molecular weight is 557 g/mol. The molecule has 1 unspecified atom stereocenters. The number of unbranched alkanes of at least 4 members (excludes halogenated alkanes) is 1. The van der Waals surface area contributed by atoms with E-state index in [1.54, 1.807) is 19.1 Å². The summed E-state index contributed by atoms with van der Waals surface area (Å²) in [4.78, 5) is 14.5. The largest absolute Gasteiger partial charge is 0.478 e. The van der Waals surface area contributed by atoms with Gasteiger partial charge in [0.15, 0.2) is 6.79 Å². The Balaban J connectivity index is 2.01. The zero-order valence-electron chi connectivity index (χ0n) is 22.9. The fourth-order valence-corrected chi connectivity index (χ4v) is 7.59. The molecule has 0 amide bonds. The molecule has 2 aromatic carbocycles. The van der Waals surface area contributed by atoms with Gasteiger partial charge in [-0.1, -0.05) is 55.3 Å². The second-order valence-corrected chi connectivity index (χ2v) is 12.1. The number of aromatic carboxylic acids is 1. The van der Waals surface area contributed by atoms with E-state index in [1.807, 2.05) is 32.2 Å². The van der Waals surface area contributed by atoms with Crippen LogP contribution in [0.1, 0.15) is 62.1 Å². The van der Waals surface area contributed by atoms with Crippen LogP contribution in [-0.4, -0.2) is 46.9 Å². The molecule has 0 saturated carbocycles. The number of nitrogens with zero attached hydrogens (tertiary/aromatic N) is 2. The highest BCUT2D eigenvalue weighted by atomic mass is 32.3. The van der Waals surface area contributed by atoms with E-state index < -0.39 is 28.7 Å². The maximum Gasteiger partial charge on any atom is 0.335 e. The highest BCUT2D eigenvalue weighted by Gasteiger charge is 2.46. The minimum Gasteiger partial charge on any atom is -0.478 e. The Labute approximate surface area is 231 Å². The van der Waals surface area contributed by atoms with Crippen LogP contribution in [0.15, 0.2) is 71.8 Å². The van der Waals surface area contributed by atoms with E-state index in [2.05, 4.69) is 22.7 Å². The van der Waals surface area contributed by atoms with Gasteiger partial charge in [0.25, 0.3) is 0 Å². The number of carboxylic acids is 1. The van der Waals surface area contributed by atoms with Gasteiger partial charge in [-0.15, -0.1) is 0 Å². The molecule has 2 atom stereocenters. The molecule has 0 aromatic heterocycles. The van der Waals surface area contributed by atoms with Gasteiger partial charge < -0.3 is 15.1 Å². The number of carbonyl (C=O) groups is 1. The number of fused-ring (bicyclic) bond motifs is 2. The summed E-state index contributed by atoms with van der Waals surface area (Å²) in [5.74, 6) is -1.67. The second kappa shape index (κ2) is 12.1. The number of aliphatic hydroxyl groups excluding tert-OH is 1. The third kappa shape index (κ3) is 5.42. The summed E-state index contributed by atoms with van der Waals surface area (Å²) in [5, 5.41) is 20.1. The van der Waals surface area contributed by atoms with E-state index in [4.69, 9.17) is 8.37 Å². The summed E-state index contributed by atoms with van der Waals surface area (Å²) in [6, 6.07) is 7.59. The second-order valence-electron chi connectivity index (χ2n) is 9.69. The lowest BCUT2D eigenvalue weighted by Gasteiger charge is -2.56. The number of rotatable bonds is 9. The highest BCUT2D eigenvalue weighted by molar-refractivity contribution is 8.24. The molecule has 0 bridgehead atoms. The molecule has 1 fully saturated rings. The van der Waals surface area contributed by atoms with Crippen molar-refractivity contribution in [2.75, 3.05) is 25.3 Å². The Morgan fingerprint density at radius 3 is 2.59 bits per heavy atom. The average Bonchev–Trinajstić information content (AvgIpc) is 2.98. The van der Waals surface area contributed by atoms with E-state index in [0.717, 1.165) is 25.0 Å². The predicted molar refractivity (Wildman–Crippen MR) is 154 cm³/mol. The maximum absolute atomic E-state index is 16.2. The van der Waals surface area contributed by atoms with Gasteiger partial charge in [0.05, 0.1) is 17.4 Å². The van der Waals surface area contributed by atoms with Gasteiger partial charge >= 0.3 is 5.97 Å². The van der Waals surface area contributed by atoms with Crippen LogP contribution in [0, 0.1) is 5.82 Å². The van der Waals surface area contributed by atoms with Crippen LogP contribution >= 0.6 is 10.8 Å². The highest BCUT2D eigenvalue weighted by Crippen LogP contribution is 2.70. The van der Waals surface area contributed by atoms with Crippen molar-refractivity contribution in [3.8, 4) is 11.1 Å². The molecule has 0 radical (unpaired) electrons. The van der Waals surface area contributed by atoms with E-state index in [-0.39, 0.29) is 24.0 Å². The Morgan fingerprint density at radius 2 is 2.03 bits per heavy atom. The SMILES string of the molecule is C=C/C=C(\C=C/C)N1C[C@@H](CCCC)N(C)S2(OCO2)c2cc(-c3cc(C(=O)O)ccc3C(C)O)c(F)cc21. The van der Waals surface area contributed by atoms with Crippen molar-refractivity contribution in [1.29, 1.82) is 0 Å². The fraction of sp³-hybridized carbons (Fsp3) is 0.367. The summed E-state index contributed by atoms with van der Waals surface area (Å²) < 4.78 is 30.8. The molecule has 4 rings (SSSR count). The van der Waals surface area contributed by atoms with Crippen molar-refractivity contribution in [2.24, 2.45) is 0 Å². The van der Waals surface area contributed by atoms with Crippen molar-refractivity contribution in [2.45, 2.75) is 57.1 Å². The molecular weight excluding hydrogens is 519 g/mol. The lowest BCUT2D eigenvalue weighted by molar-refractivity contribution is 0.0219. The zero-order chi connectivity index (χ0) is 28.3. The number of benzene rings is 2. The lowest BCUT2D eigenvalue weighted by Crippen LogP contribution is -2.44. The van der Waals surface area contributed by atoms with Crippen LogP contribution in [0.3, 0.4) is 0 Å². The van der Waals surface area contributed by atoms with Gasteiger partial charge in [0.2, 0.25) is 0 Å². The fourth-order valence-electron chi connectivity index (χ4n) is 5.15. The van der Waals surface area contributed by atoms with Crippen molar-refractivity contribution in [3.63, 3.8) is 0 Å². The van der Waals surface area contributed by atoms with E-state index in [1.165, 1.54) is 24.3 Å². The zero-order valence-corrected chi connectivity index (χ0v) is 23.7. The minimum absolute atomic E-state index is 0.00427. The number of aliphatic hydroxyl groups is 1. The van der Waals surface area contributed by atoms with Crippen molar-refractivity contribution in [1.82, 2.24) is 4.31 Å². The van der Waals surface area contributed by atoms with Crippen LogP contribution in [0.25, 0.3) is 11.1 Å². The molecule has 2 N–H and O–H groups in total. The quantitative estimate of drug-likeness (QED) is 0.318. The summed E-state index contributed by atoms with van der Waals surface area (Å²) in [6.45, 7) is 10.2. The van der Waals surface area contributed by atoms with Crippen molar-refractivity contribution in [3.05, 3.63) is 83.9 Å². The summed E-state index contributed by atoms with van der Waals surface area (Å²) >= 11 is 0. The number of anilines is 1. The van der Waals surface area contributed by atoms with Crippen molar-refractivity contribution < 1.29 is 27.8 Å². The molecule has 2 aromatic rings. The first-order chi connectivity index (χ1) is 18.7. The Kier molecular flexibility index (Phi) is 8.98. The van der Waals surface area contributed by atoms with E-state index in [0.29, 0.717) is 28.3 Å². The molecule has 2 aliphatic heterocycles. The summed E-state index contributed by atoms with van der Waals surface area (Å²) in [7, 11) is -0.396. The normalized spacial score (nSPS) is 20.8. The topological polar surface area (TPSA) is 82.5 Å². The van der Waals surface area contributed by atoms with Gasteiger partial charge in [-0.25, -0.2) is 17.6 Å². The standard InChI is InChI=1S/C30H37FN2O5S/c1-6-9-12-23-18-33(22(10-7-2)11-8-3)28-17-27(31)26(16-29(28)39(32(23)5)37-19-38-39)25-15-21(30(35)36)13-14-24(25)20(4)34/h7-8,10-11,13-17,20,23,34H,2,6,9,12,18-19H2,1,3-5H3,(H,35,36)/b11-8-,22-10+/t20?,23-/m1/s1. The molecule has 1 spiro atoms. The van der Waals surface area contributed by atoms with Crippen molar-refractivity contribution >= 4 is 22.4 Å². The molecule has 2 heterocycles. The molecule has 7 nitrogen and oxygen atoms in total. The maximum atomic E-state index is 16.2. The lowest BCUT2D eigenvalue weighted by atomic mass is 9.94. The first kappa shape index (κ1) is 29.0. The molecule has 1 saturated heterocycles. The smallest absolute Gasteiger partial charge is 0.335 e. The molecule has 2 aliphatic rings. The van der Waals surface area contributed by atoms with Gasteiger partial charge in [-0.05, 0) is 61.7 Å². The van der Waals surface area contributed by atoms with E-state index >= 15 is 4.39 Å². The molecule has 9 heteroatoms. The van der Waals surface area contributed by atoms with Crippen LogP contribution in [0.4, 0.5) is 10.1 Å². The first-order valence-corrected chi connectivity index (χ1v) is 14.6. The number of carboxylic acid groups (broad SMARTS) is 1. The van der Waals surface area contributed by atoms with Crippen LogP contribution in [0.2, 0.25) is 0 Å². The van der Waals surface area contributed by atoms with Gasteiger partial charge in [-0.2, -0.15) is 4.31 Å². The number of allylic oxidation sites excluding steroid dienone is 4. The Bertz CT molecular complexity index is 1300. The third-order valence-electron chi connectivity index (χ3n) is 7.19. The molecular formula is C30H37FN2O5S. The first-order valence-electron chi connectivity index (χ1n) is 13.2. The summed E-state index contributed by atoms with van der Waals surface area (Å²) in [5.41, 5.74) is 2.40. The van der Waals surface area contributed by atoms with E-state index in [9.17, 15) is 15.0 Å². The molecule has 39 heavy (non-hydrogen) atoms. The Hall–Kier alpha value is -2.95. The number of hydrogen-bond acceptors (Lipinski definition) is 6. The monoisotopic (exact) mass is 556 g/mol. The Morgan fingerprint density at radius 1 is 1.28 bits per heavy atom. The number of halogens is 1. The predicted octanol–water partition coefficient (Wildman–Crippen LogP) is 7.11. The number of hydrogen-bond donors (Lipinski definition) is 2. The van der Waals surface area contributed by atoms with Crippen LogP contribution < -0.4 is 4.90 Å². The minimum atomic E-state index is -2.39. The molecule has 0 aliphatic carbocycles. The molecule has 210 valence electrons. The van der Waals surface area contributed by atoms with Crippen LogP contribution in [0.5, 0.6) is 0 Å². The van der Waals surface area contributed by atoms with Gasteiger partial charge in [0.1, 0.15) is 10.7 Å². The van der Waals surface area contributed by atoms with Crippen LogP contribution in [-0.2, 0) is 8.37 Å². The number of likely N-dealkylation sites (N-methyl/N-ethyl adjacent to an activating group) is 1. The third-order valence-corrected chi connectivity index (χ3v) is 9.96.